The predicted octanol–water partition coefficient (Wildman–Crippen LogP) is 3.46. The number of nitro benzene ring substituents is 2. The predicted molar refractivity (Wildman–Crippen MR) is 83.6 cm³/mol. The number of hydrogen-bond acceptors (Lipinski definition) is 5. The van der Waals surface area contributed by atoms with Crippen molar-refractivity contribution in [3.05, 3.63) is 42.9 Å². The van der Waals surface area contributed by atoms with Gasteiger partial charge < -0.3 is 5.32 Å². The summed E-state index contributed by atoms with van der Waals surface area (Å²) in [5.74, 6) is -0.148. The molecule has 124 valence electrons. The van der Waals surface area contributed by atoms with Crippen LogP contribution in [0, 0.1) is 26.1 Å². The van der Waals surface area contributed by atoms with Gasteiger partial charge in [-0.05, 0) is 18.8 Å². The molecule has 1 N–H and O–H groups in total. The zero-order valence-corrected chi connectivity index (χ0v) is 13.2. The van der Waals surface area contributed by atoms with Crippen molar-refractivity contribution in [1.29, 1.82) is 0 Å². The van der Waals surface area contributed by atoms with Gasteiger partial charge in [0.05, 0.1) is 21.5 Å². The number of carbonyl (C=O) groups is 1. The third-order valence-electron chi connectivity index (χ3n) is 3.96. The van der Waals surface area contributed by atoms with E-state index in [1.54, 1.807) is 0 Å². The largest absolute Gasteiger partial charge is 0.349 e. The molecule has 1 fully saturated rings. The maximum atomic E-state index is 12.3. The average Bonchev–Trinajstić information content (AvgIpc) is 2.46. The Morgan fingerprint density at radius 3 is 2.52 bits per heavy atom. The van der Waals surface area contributed by atoms with Gasteiger partial charge in [-0.15, -0.1) is 0 Å². The monoisotopic (exact) mass is 341 g/mol. The number of nitrogens with one attached hydrogen (secondary N) is 1. The van der Waals surface area contributed by atoms with E-state index in [1.807, 2.05) is 0 Å². The first kappa shape index (κ1) is 17.1. The van der Waals surface area contributed by atoms with Crippen molar-refractivity contribution in [2.24, 2.45) is 5.92 Å². The molecule has 0 spiro atoms. The fourth-order valence-corrected chi connectivity index (χ4v) is 3.09. The van der Waals surface area contributed by atoms with Crippen molar-refractivity contribution in [1.82, 2.24) is 5.32 Å². The number of benzene rings is 1. The third-order valence-corrected chi connectivity index (χ3v) is 4.36. The zero-order valence-electron chi connectivity index (χ0n) is 12.5. The molecule has 2 rings (SSSR count). The van der Waals surface area contributed by atoms with Crippen molar-refractivity contribution in [2.45, 2.75) is 38.6 Å². The van der Waals surface area contributed by atoms with Gasteiger partial charge in [0.2, 0.25) is 0 Å². The molecule has 8 nitrogen and oxygen atoms in total. The summed E-state index contributed by atoms with van der Waals surface area (Å²) in [4.78, 5) is 32.6. The summed E-state index contributed by atoms with van der Waals surface area (Å²) >= 11 is 5.90. The van der Waals surface area contributed by atoms with Gasteiger partial charge in [0.25, 0.3) is 17.3 Å². The van der Waals surface area contributed by atoms with E-state index in [0.29, 0.717) is 5.92 Å². The Morgan fingerprint density at radius 2 is 1.96 bits per heavy atom. The molecule has 0 aliphatic heterocycles. The fraction of sp³-hybridized carbons (Fsp3) is 0.500. The molecule has 0 bridgehead atoms. The van der Waals surface area contributed by atoms with Crippen molar-refractivity contribution in [3.8, 4) is 0 Å². The number of amides is 1. The smallest absolute Gasteiger partial charge is 0.295 e. The fourth-order valence-electron chi connectivity index (χ4n) is 2.83. The van der Waals surface area contributed by atoms with Gasteiger partial charge in [0, 0.05) is 12.1 Å². The summed E-state index contributed by atoms with van der Waals surface area (Å²) in [5, 5.41) is 24.3. The molecular formula is C14H16ClN3O5. The highest BCUT2D eigenvalue weighted by Gasteiger charge is 2.28. The van der Waals surface area contributed by atoms with E-state index < -0.39 is 27.1 Å². The van der Waals surface area contributed by atoms with E-state index in [9.17, 15) is 25.0 Å². The molecule has 9 heteroatoms. The van der Waals surface area contributed by atoms with Gasteiger partial charge in [-0.1, -0.05) is 31.4 Å². The number of non-ortho nitro benzene ring substituents is 1. The quantitative estimate of drug-likeness (QED) is 0.665. The number of carbonyl (C=O) groups excluding carboxylic acids is 1. The van der Waals surface area contributed by atoms with Crippen molar-refractivity contribution >= 4 is 28.9 Å². The van der Waals surface area contributed by atoms with E-state index in [4.69, 9.17) is 11.6 Å². The Balaban J connectivity index is 2.31. The molecular weight excluding hydrogens is 326 g/mol. The molecule has 1 aromatic rings. The Labute approximate surface area is 137 Å². The molecule has 1 aromatic carbocycles. The van der Waals surface area contributed by atoms with E-state index in [-0.39, 0.29) is 16.6 Å². The molecule has 2 unspecified atom stereocenters. The van der Waals surface area contributed by atoms with Crippen LogP contribution in [0.5, 0.6) is 0 Å². The molecule has 1 saturated carbocycles. The Morgan fingerprint density at radius 1 is 1.26 bits per heavy atom. The number of nitro groups is 2. The van der Waals surface area contributed by atoms with Crippen molar-refractivity contribution in [2.75, 3.05) is 0 Å². The summed E-state index contributed by atoms with van der Waals surface area (Å²) in [5.41, 5.74) is -1.43. The van der Waals surface area contributed by atoms with Crippen molar-refractivity contribution < 1.29 is 14.6 Å². The summed E-state index contributed by atoms with van der Waals surface area (Å²) < 4.78 is 0. The van der Waals surface area contributed by atoms with Crippen LogP contribution in [0.2, 0.25) is 5.02 Å². The first-order valence-corrected chi connectivity index (χ1v) is 7.60. The second-order valence-electron chi connectivity index (χ2n) is 5.78. The van der Waals surface area contributed by atoms with Crippen LogP contribution in [-0.4, -0.2) is 21.8 Å². The lowest BCUT2D eigenvalue weighted by Gasteiger charge is -2.27. The molecule has 0 aromatic heterocycles. The van der Waals surface area contributed by atoms with Crippen LogP contribution in [0.4, 0.5) is 11.4 Å². The summed E-state index contributed by atoms with van der Waals surface area (Å²) in [6.45, 7) is 2.09. The minimum absolute atomic E-state index is 0.0550. The molecule has 1 amide bonds. The minimum atomic E-state index is -0.838. The van der Waals surface area contributed by atoms with Gasteiger partial charge in [-0.3, -0.25) is 25.0 Å². The number of hydrogen-bond donors (Lipinski definition) is 1. The topological polar surface area (TPSA) is 115 Å². The molecule has 1 aliphatic rings. The van der Waals surface area contributed by atoms with Crippen LogP contribution in [0.1, 0.15) is 43.0 Å². The molecule has 0 radical (unpaired) electrons. The molecule has 0 heterocycles. The van der Waals surface area contributed by atoms with E-state index >= 15 is 0 Å². The van der Waals surface area contributed by atoms with Gasteiger partial charge >= 0.3 is 0 Å². The maximum absolute atomic E-state index is 12.3. The second-order valence-corrected chi connectivity index (χ2v) is 6.16. The van der Waals surface area contributed by atoms with Crippen LogP contribution in [0.25, 0.3) is 0 Å². The normalized spacial score (nSPS) is 20.8. The molecule has 23 heavy (non-hydrogen) atoms. The Bertz CT molecular complexity index is 664. The lowest BCUT2D eigenvalue weighted by Crippen LogP contribution is -2.38. The van der Waals surface area contributed by atoms with E-state index in [2.05, 4.69) is 12.2 Å². The lowest BCUT2D eigenvalue weighted by molar-refractivity contribution is -0.394. The first-order valence-electron chi connectivity index (χ1n) is 7.22. The van der Waals surface area contributed by atoms with Crippen LogP contribution in [0.3, 0.4) is 0 Å². The van der Waals surface area contributed by atoms with Crippen LogP contribution >= 0.6 is 11.6 Å². The van der Waals surface area contributed by atoms with Gasteiger partial charge in [-0.25, -0.2) is 0 Å². The Hall–Kier alpha value is -2.22. The van der Waals surface area contributed by atoms with E-state index in [0.717, 1.165) is 37.8 Å². The third kappa shape index (κ3) is 3.95. The van der Waals surface area contributed by atoms with Crippen LogP contribution in [-0.2, 0) is 0 Å². The average molecular weight is 342 g/mol. The molecule has 2 atom stereocenters. The Kier molecular flexibility index (Phi) is 5.15. The highest BCUT2D eigenvalue weighted by Crippen LogP contribution is 2.33. The van der Waals surface area contributed by atoms with E-state index in [1.165, 1.54) is 0 Å². The summed E-state index contributed by atoms with van der Waals surface area (Å²) in [7, 11) is 0. The summed E-state index contributed by atoms with van der Waals surface area (Å²) in [6, 6.07) is 1.67. The van der Waals surface area contributed by atoms with Crippen LogP contribution < -0.4 is 5.32 Å². The number of nitrogens with zero attached hydrogens (tertiary/aromatic N) is 2. The highest BCUT2D eigenvalue weighted by molar-refractivity contribution is 6.36. The van der Waals surface area contributed by atoms with Gasteiger partial charge in [0.1, 0.15) is 5.02 Å². The number of halogens is 1. The first-order chi connectivity index (χ1) is 10.8. The minimum Gasteiger partial charge on any atom is -0.349 e. The zero-order chi connectivity index (χ0) is 17.1. The summed E-state index contributed by atoms with van der Waals surface area (Å²) in [6.07, 6.45) is 3.69. The maximum Gasteiger partial charge on any atom is 0.295 e. The highest BCUT2D eigenvalue weighted by atomic mass is 35.5. The number of rotatable bonds is 4. The molecule has 0 saturated heterocycles. The van der Waals surface area contributed by atoms with Crippen LogP contribution in [0.15, 0.2) is 12.1 Å². The van der Waals surface area contributed by atoms with Gasteiger partial charge in [-0.2, -0.15) is 0 Å². The SMILES string of the molecule is CC1CCCC(NC(=O)c2cc([N+](=O)[O-])cc([N+](=O)[O-])c2Cl)C1. The lowest BCUT2D eigenvalue weighted by atomic mass is 9.87. The second kappa shape index (κ2) is 6.91. The van der Waals surface area contributed by atoms with Crippen molar-refractivity contribution in [3.63, 3.8) is 0 Å². The standard InChI is InChI=1S/C14H16ClN3O5/c1-8-3-2-4-9(5-8)16-14(19)11-6-10(17(20)21)7-12(13(11)15)18(22)23/h6-9H,2-5H2,1H3,(H,16,19). The van der Waals surface area contributed by atoms with Gasteiger partial charge in [0.15, 0.2) is 0 Å². The molecule has 1 aliphatic carbocycles.